The molecule has 3 rings (SSSR count). The summed E-state index contributed by atoms with van der Waals surface area (Å²) < 4.78 is 19.5. The van der Waals surface area contributed by atoms with Gasteiger partial charge in [-0.1, -0.05) is 6.07 Å². The minimum atomic E-state index is -0.476. The van der Waals surface area contributed by atoms with E-state index < -0.39 is 5.82 Å². The molecule has 1 aromatic rings. The molecule has 1 saturated carbocycles. The summed E-state index contributed by atoms with van der Waals surface area (Å²) in [6.45, 7) is 4.04. The van der Waals surface area contributed by atoms with E-state index in [9.17, 15) is 9.50 Å². The predicted octanol–water partition coefficient (Wildman–Crippen LogP) is 2.45. The van der Waals surface area contributed by atoms with Gasteiger partial charge in [0, 0.05) is 31.5 Å². The molecule has 2 fully saturated rings. The number of nitrogens with zero attached hydrogens (tertiary/aromatic N) is 2. The fourth-order valence-corrected chi connectivity index (χ4v) is 3.87. The molecule has 1 saturated heterocycles. The lowest BCUT2D eigenvalue weighted by Gasteiger charge is -2.57. The summed E-state index contributed by atoms with van der Waals surface area (Å²) in [6, 6.07) is 6.70. The fraction of sp³-hybridized carbons (Fsp3) is 0.588. The molecular formula is C17H21FN2O2. The Hall–Kier alpha value is -1.64. The Morgan fingerprint density at radius 2 is 2.18 bits per heavy atom. The molecule has 1 N–H and O–H groups in total. The van der Waals surface area contributed by atoms with E-state index in [1.807, 2.05) is 17.9 Å². The lowest BCUT2D eigenvalue weighted by Crippen LogP contribution is -2.62. The maximum Gasteiger partial charge on any atom is 0.143 e. The van der Waals surface area contributed by atoms with Gasteiger partial charge in [-0.05, 0) is 31.9 Å². The van der Waals surface area contributed by atoms with Crippen LogP contribution in [0.3, 0.4) is 0 Å². The van der Waals surface area contributed by atoms with Crippen LogP contribution in [0.5, 0.6) is 0 Å². The molecular weight excluding hydrogens is 283 g/mol. The third-order valence-corrected chi connectivity index (χ3v) is 5.25. The van der Waals surface area contributed by atoms with Crippen LogP contribution < -0.4 is 4.90 Å². The van der Waals surface area contributed by atoms with Crippen LogP contribution in [0.15, 0.2) is 18.2 Å². The molecule has 1 aliphatic heterocycles. The van der Waals surface area contributed by atoms with Crippen LogP contribution in [0.1, 0.15) is 31.7 Å². The molecule has 0 aromatic heterocycles. The largest absolute Gasteiger partial charge is 0.392 e. The summed E-state index contributed by atoms with van der Waals surface area (Å²) in [6.07, 6.45) is 2.13. The number of nitriles is 1. The van der Waals surface area contributed by atoms with Crippen molar-refractivity contribution in [2.45, 2.75) is 38.4 Å². The van der Waals surface area contributed by atoms with Gasteiger partial charge >= 0.3 is 0 Å². The molecule has 1 aliphatic carbocycles. The maximum absolute atomic E-state index is 13.8. The molecule has 5 heteroatoms. The first-order chi connectivity index (χ1) is 10.6. The Morgan fingerprint density at radius 3 is 2.77 bits per heavy atom. The normalized spacial score (nSPS) is 26.5. The quantitative estimate of drug-likeness (QED) is 0.932. The number of benzene rings is 1. The van der Waals surface area contributed by atoms with Crippen LogP contribution in [-0.2, 0) is 4.74 Å². The smallest absolute Gasteiger partial charge is 0.143 e. The zero-order valence-electron chi connectivity index (χ0n) is 12.8. The Morgan fingerprint density at radius 1 is 1.45 bits per heavy atom. The first-order valence-corrected chi connectivity index (χ1v) is 7.85. The zero-order valence-corrected chi connectivity index (χ0v) is 12.8. The van der Waals surface area contributed by atoms with Crippen molar-refractivity contribution in [3.8, 4) is 6.07 Å². The molecule has 0 unspecified atom stereocenters. The van der Waals surface area contributed by atoms with Crippen molar-refractivity contribution in [1.82, 2.24) is 0 Å². The summed E-state index contributed by atoms with van der Waals surface area (Å²) in [4.78, 5) is 2.04. The third kappa shape index (κ3) is 2.27. The fourth-order valence-electron chi connectivity index (χ4n) is 3.87. The standard InChI is InChI=1S/C17H21FN2O2/c1-2-22-16-10-15(21)17(16)6-8-20(9-7-17)14-5-3-4-13(18)12(14)11-19/h3-5,15-16,21H,2,6-10H2,1H3/t15-,16+/m0/s1. The topological polar surface area (TPSA) is 56.5 Å². The molecule has 2 atom stereocenters. The van der Waals surface area contributed by atoms with Crippen molar-refractivity contribution in [2.24, 2.45) is 5.41 Å². The number of ether oxygens (including phenoxy) is 1. The van der Waals surface area contributed by atoms with Crippen molar-refractivity contribution in [3.05, 3.63) is 29.6 Å². The van der Waals surface area contributed by atoms with E-state index in [-0.39, 0.29) is 23.2 Å². The maximum atomic E-state index is 13.8. The van der Waals surface area contributed by atoms with Crippen molar-refractivity contribution >= 4 is 5.69 Å². The van der Waals surface area contributed by atoms with Gasteiger partial charge in [0.15, 0.2) is 0 Å². The highest BCUT2D eigenvalue weighted by molar-refractivity contribution is 5.60. The van der Waals surface area contributed by atoms with Gasteiger partial charge < -0.3 is 14.7 Å². The van der Waals surface area contributed by atoms with Crippen LogP contribution in [-0.4, -0.2) is 37.0 Å². The number of aliphatic hydroxyl groups is 1. The van der Waals surface area contributed by atoms with E-state index >= 15 is 0 Å². The Kier molecular flexibility index (Phi) is 4.07. The number of rotatable bonds is 3. The zero-order chi connectivity index (χ0) is 15.7. The van der Waals surface area contributed by atoms with Gasteiger partial charge in [-0.2, -0.15) is 5.26 Å². The molecule has 118 valence electrons. The Balaban J connectivity index is 1.75. The average Bonchev–Trinajstić information content (AvgIpc) is 2.54. The highest BCUT2D eigenvalue weighted by Gasteiger charge is 2.56. The Labute approximate surface area is 130 Å². The number of aliphatic hydroxyl groups excluding tert-OH is 1. The molecule has 1 heterocycles. The van der Waals surface area contributed by atoms with E-state index in [0.29, 0.717) is 31.8 Å². The summed E-state index contributed by atoms with van der Waals surface area (Å²) in [7, 11) is 0. The van der Waals surface area contributed by atoms with Crippen molar-refractivity contribution < 1.29 is 14.2 Å². The second-order valence-corrected chi connectivity index (χ2v) is 6.16. The second kappa shape index (κ2) is 5.86. The van der Waals surface area contributed by atoms with Gasteiger partial charge in [0.1, 0.15) is 17.4 Å². The minimum absolute atomic E-state index is 0.106. The number of hydrogen-bond donors (Lipinski definition) is 1. The first-order valence-electron chi connectivity index (χ1n) is 7.85. The molecule has 22 heavy (non-hydrogen) atoms. The molecule has 4 nitrogen and oxygen atoms in total. The van der Waals surface area contributed by atoms with Crippen LogP contribution in [0, 0.1) is 22.6 Å². The van der Waals surface area contributed by atoms with Gasteiger partial charge in [-0.3, -0.25) is 0 Å². The molecule has 1 aromatic carbocycles. The second-order valence-electron chi connectivity index (χ2n) is 6.16. The molecule has 1 spiro atoms. The summed E-state index contributed by atoms with van der Waals surface area (Å²) in [5.41, 5.74) is 0.597. The number of hydrogen-bond acceptors (Lipinski definition) is 4. The van der Waals surface area contributed by atoms with E-state index in [1.165, 1.54) is 6.07 Å². The third-order valence-electron chi connectivity index (χ3n) is 5.25. The molecule has 0 bridgehead atoms. The number of halogens is 1. The minimum Gasteiger partial charge on any atom is -0.392 e. The van der Waals surface area contributed by atoms with Crippen LogP contribution in [0.2, 0.25) is 0 Å². The van der Waals surface area contributed by atoms with Crippen molar-refractivity contribution in [2.75, 3.05) is 24.6 Å². The summed E-state index contributed by atoms with van der Waals surface area (Å²) in [5, 5.41) is 19.4. The highest BCUT2D eigenvalue weighted by Crippen LogP contribution is 2.51. The summed E-state index contributed by atoms with van der Waals surface area (Å²) in [5.74, 6) is -0.476. The van der Waals surface area contributed by atoms with Crippen LogP contribution >= 0.6 is 0 Å². The molecule has 0 radical (unpaired) electrons. The van der Waals surface area contributed by atoms with E-state index in [1.54, 1.807) is 12.1 Å². The number of piperidine rings is 1. The van der Waals surface area contributed by atoms with E-state index in [4.69, 9.17) is 10.00 Å². The lowest BCUT2D eigenvalue weighted by atomic mass is 9.58. The SMILES string of the molecule is CCO[C@@H]1C[C@H](O)C12CCN(c1cccc(F)c1C#N)CC2. The van der Waals surface area contributed by atoms with Gasteiger partial charge in [-0.15, -0.1) is 0 Å². The number of anilines is 1. The van der Waals surface area contributed by atoms with Crippen molar-refractivity contribution in [1.29, 1.82) is 5.26 Å². The summed E-state index contributed by atoms with van der Waals surface area (Å²) >= 11 is 0. The van der Waals surface area contributed by atoms with Gasteiger partial charge in [0.2, 0.25) is 0 Å². The van der Waals surface area contributed by atoms with Gasteiger partial charge in [0.05, 0.1) is 17.9 Å². The molecule has 0 amide bonds. The monoisotopic (exact) mass is 304 g/mol. The molecule has 2 aliphatic rings. The van der Waals surface area contributed by atoms with Crippen LogP contribution in [0.4, 0.5) is 10.1 Å². The van der Waals surface area contributed by atoms with E-state index in [2.05, 4.69) is 0 Å². The predicted molar refractivity (Wildman–Crippen MR) is 81.0 cm³/mol. The van der Waals surface area contributed by atoms with Gasteiger partial charge in [-0.25, -0.2) is 4.39 Å². The van der Waals surface area contributed by atoms with Gasteiger partial charge in [0.25, 0.3) is 0 Å². The average molecular weight is 304 g/mol. The van der Waals surface area contributed by atoms with Crippen molar-refractivity contribution in [3.63, 3.8) is 0 Å². The first kappa shape index (κ1) is 15.3. The lowest BCUT2D eigenvalue weighted by molar-refractivity contribution is -0.199. The van der Waals surface area contributed by atoms with E-state index in [0.717, 1.165) is 12.8 Å². The Bertz CT molecular complexity index is 589. The highest BCUT2D eigenvalue weighted by atomic mass is 19.1. The van der Waals surface area contributed by atoms with Crippen LogP contribution in [0.25, 0.3) is 0 Å².